The quantitative estimate of drug-likeness (QED) is 0.206. The van der Waals surface area contributed by atoms with Gasteiger partial charge in [0.05, 0.1) is 6.42 Å². The van der Waals surface area contributed by atoms with Crippen LogP contribution in [-0.2, 0) is 30.5 Å². The zero-order valence-electron chi connectivity index (χ0n) is 24.1. The second kappa shape index (κ2) is 14.1. The van der Waals surface area contributed by atoms with Crippen LogP contribution in [0.3, 0.4) is 0 Å². The Morgan fingerprint density at radius 3 is 2.23 bits per heavy atom. The van der Waals surface area contributed by atoms with Gasteiger partial charge in [-0.15, -0.1) is 0 Å². The molecule has 3 aromatic rings. The zero-order chi connectivity index (χ0) is 31.1. The molecular formula is C34H35N3O7. The van der Waals surface area contributed by atoms with Crippen molar-refractivity contribution in [3.05, 3.63) is 96.1 Å². The lowest BCUT2D eigenvalue weighted by molar-refractivity contribution is -0.150. The molecule has 1 saturated heterocycles. The Balaban J connectivity index is 1.26. The third-order valence-corrected chi connectivity index (χ3v) is 8.28. The summed E-state index contributed by atoms with van der Waals surface area (Å²) in [7, 11) is 0. The summed E-state index contributed by atoms with van der Waals surface area (Å²) in [6, 6.07) is 23.9. The third kappa shape index (κ3) is 7.57. The number of carboxylic acid groups (broad SMARTS) is 1. The van der Waals surface area contributed by atoms with E-state index in [-0.39, 0.29) is 31.4 Å². The number of aliphatic carboxylic acids is 1. The van der Waals surface area contributed by atoms with Crippen molar-refractivity contribution < 1.29 is 33.8 Å². The number of carboxylic acids is 1. The fourth-order valence-corrected chi connectivity index (χ4v) is 5.86. The highest BCUT2D eigenvalue weighted by atomic mass is 16.5. The number of esters is 1. The average molecular weight is 598 g/mol. The van der Waals surface area contributed by atoms with Crippen molar-refractivity contribution in [2.45, 2.75) is 50.4 Å². The summed E-state index contributed by atoms with van der Waals surface area (Å²) in [5, 5.41) is 18.2. The molecule has 10 heteroatoms. The van der Waals surface area contributed by atoms with Crippen LogP contribution in [0.15, 0.2) is 84.9 Å². The van der Waals surface area contributed by atoms with Crippen LogP contribution in [-0.4, -0.2) is 59.3 Å². The minimum absolute atomic E-state index is 0.0223. The third-order valence-electron chi connectivity index (χ3n) is 8.28. The summed E-state index contributed by atoms with van der Waals surface area (Å²) >= 11 is 0. The van der Waals surface area contributed by atoms with E-state index in [1.807, 2.05) is 72.8 Å². The van der Waals surface area contributed by atoms with Gasteiger partial charge in [-0.3, -0.25) is 24.0 Å². The predicted octanol–water partition coefficient (Wildman–Crippen LogP) is 3.11. The van der Waals surface area contributed by atoms with Crippen LogP contribution in [0, 0.1) is 11.8 Å². The zero-order valence-corrected chi connectivity index (χ0v) is 24.1. The molecule has 5 atom stereocenters. The molecule has 2 fully saturated rings. The molecule has 1 aliphatic heterocycles. The van der Waals surface area contributed by atoms with E-state index in [1.54, 1.807) is 12.1 Å². The summed E-state index contributed by atoms with van der Waals surface area (Å²) in [6.45, 7) is 0.117. The monoisotopic (exact) mass is 597 g/mol. The molecule has 2 aliphatic rings. The number of benzene rings is 3. The molecule has 0 bridgehead atoms. The van der Waals surface area contributed by atoms with E-state index >= 15 is 0 Å². The number of hydrogen-bond donors (Lipinski definition) is 4. The SMILES string of the molecule is O=C(C[C@H](NC(=O)c1ccc(-c2ccccc2)cc1)C(=O)NC1CCC2NCC(C(=O)O)C(=O)C2C1)OCc1ccccc1. The number of ether oxygens (including phenoxy) is 1. The molecule has 1 heterocycles. The number of fused-ring (bicyclic) bond motifs is 1. The highest BCUT2D eigenvalue weighted by molar-refractivity contribution is 6.01. The van der Waals surface area contributed by atoms with Gasteiger partial charge in [0, 0.05) is 30.1 Å². The number of nitrogens with one attached hydrogen (secondary N) is 3. The van der Waals surface area contributed by atoms with Gasteiger partial charge in [0.25, 0.3) is 5.91 Å². The van der Waals surface area contributed by atoms with Gasteiger partial charge in [0.1, 0.15) is 18.6 Å². The van der Waals surface area contributed by atoms with Gasteiger partial charge in [0.15, 0.2) is 5.78 Å². The molecule has 1 saturated carbocycles. The lowest BCUT2D eigenvalue weighted by atomic mass is 9.73. The van der Waals surface area contributed by atoms with Crippen LogP contribution in [0.5, 0.6) is 0 Å². The van der Waals surface area contributed by atoms with Crippen molar-refractivity contribution in [2.24, 2.45) is 11.8 Å². The second-order valence-electron chi connectivity index (χ2n) is 11.3. The molecule has 4 unspecified atom stereocenters. The molecule has 10 nitrogen and oxygen atoms in total. The minimum atomic E-state index is -1.23. The van der Waals surface area contributed by atoms with Crippen LogP contribution >= 0.6 is 0 Å². The van der Waals surface area contributed by atoms with Gasteiger partial charge in [-0.1, -0.05) is 72.8 Å². The molecule has 5 rings (SSSR count). The molecule has 1 aliphatic carbocycles. The Bertz CT molecular complexity index is 1490. The number of carbonyl (C=O) groups excluding carboxylic acids is 4. The van der Waals surface area contributed by atoms with Crippen LogP contribution < -0.4 is 16.0 Å². The van der Waals surface area contributed by atoms with Crippen molar-refractivity contribution in [3.63, 3.8) is 0 Å². The summed E-state index contributed by atoms with van der Waals surface area (Å²) < 4.78 is 5.39. The standard InChI is InChI=1S/C34H35N3O7/c38-30(44-20-21-7-3-1-4-8-21)18-29(37-32(40)24-13-11-23(12-14-24)22-9-5-2-6-10-22)33(41)36-25-15-16-28-26(17-25)31(39)27(19-35-28)34(42)43/h1-14,25-29,35H,15-20H2,(H,36,41)(H,37,40)(H,42,43)/t25?,26?,27?,28?,29-/m0/s1. The summed E-state index contributed by atoms with van der Waals surface area (Å²) in [5.41, 5.74) is 3.02. The van der Waals surface area contributed by atoms with E-state index in [2.05, 4.69) is 16.0 Å². The van der Waals surface area contributed by atoms with Gasteiger partial charge in [-0.05, 0) is 48.1 Å². The first kappa shape index (κ1) is 30.6. The largest absolute Gasteiger partial charge is 0.481 e. The molecule has 0 spiro atoms. The molecule has 228 valence electrons. The lowest BCUT2D eigenvalue weighted by Crippen LogP contribution is -2.59. The molecule has 2 amide bonds. The van der Waals surface area contributed by atoms with E-state index in [4.69, 9.17) is 4.74 Å². The Morgan fingerprint density at radius 2 is 1.55 bits per heavy atom. The first-order valence-electron chi connectivity index (χ1n) is 14.7. The van der Waals surface area contributed by atoms with Crippen molar-refractivity contribution in [1.82, 2.24) is 16.0 Å². The smallest absolute Gasteiger partial charge is 0.315 e. The van der Waals surface area contributed by atoms with Gasteiger partial charge in [0.2, 0.25) is 5.91 Å². The number of hydrogen-bond acceptors (Lipinski definition) is 7. The lowest BCUT2D eigenvalue weighted by Gasteiger charge is -2.41. The van der Waals surface area contributed by atoms with E-state index < -0.39 is 54.1 Å². The van der Waals surface area contributed by atoms with E-state index in [9.17, 15) is 29.1 Å². The molecule has 44 heavy (non-hydrogen) atoms. The van der Waals surface area contributed by atoms with Crippen molar-refractivity contribution in [1.29, 1.82) is 0 Å². The number of piperidine rings is 1. The molecule has 4 N–H and O–H groups in total. The normalized spacial score (nSPS) is 21.8. The van der Waals surface area contributed by atoms with Crippen LogP contribution in [0.25, 0.3) is 11.1 Å². The number of ketones is 1. The van der Waals surface area contributed by atoms with E-state index in [0.717, 1.165) is 16.7 Å². The topological polar surface area (TPSA) is 151 Å². The Kier molecular flexibility index (Phi) is 9.81. The minimum Gasteiger partial charge on any atom is -0.481 e. The number of Topliss-reactive ketones (excluding diaryl/α,β-unsaturated/α-hetero) is 1. The highest BCUT2D eigenvalue weighted by Crippen LogP contribution is 2.31. The molecular weight excluding hydrogens is 562 g/mol. The maximum Gasteiger partial charge on any atom is 0.315 e. The predicted molar refractivity (Wildman–Crippen MR) is 161 cm³/mol. The Morgan fingerprint density at radius 1 is 0.886 bits per heavy atom. The van der Waals surface area contributed by atoms with Crippen molar-refractivity contribution in [2.75, 3.05) is 6.54 Å². The van der Waals surface area contributed by atoms with Crippen LogP contribution in [0.4, 0.5) is 0 Å². The van der Waals surface area contributed by atoms with Crippen LogP contribution in [0.1, 0.15) is 41.6 Å². The highest BCUT2D eigenvalue weighted by Gasteiger charge is 2.44. The summed E-state index contributed by atoms with van der Waals surface area (Å²) in [5.74, 6) is -4.94. The Labute approximate surface area is 255 Å². The summed E-state index contributed by atoms with van der Waals surface area (Å²) in [4.78, 5) is 64.0. The maximum absolute atomic E-state index is 13.5. The Hall–Kier alpha value is -4.83. The number of amides is 2. The van der Waals surface area contributed by atoms with Crippen molar-refractivity contribution >= 4 is 29.5 Å². The van der Waals surface area contributed by atoms with Gasteiger partial charge in [-0.2, -0.15) is 0 Å². The number of carbonyl (C=O) groups is 5. The van der Waals surface area contributed by atoms with Crippen molar-refractivity contribution in [3.8, 4) is 11.1 Å². The maximum atomic E-state index is 13.5. The first-order chi connectivity index (χ1) is 21.3. The summed E-state index contributed by atoms with van der Waals surface area (Å²) in [6.07, 6.45) is 1.02. The van der Waals surface area contributed by atoms with E-state index in [0.29, 0.717) is 18.4 Å². The second-order valence-corrected chi connectivity index (χ2v) is 11.3. The van der Waals surface area contributed by atoms with Gasteiger partial charge >= 0.3 is 11.9 Å². The fourth-order valence-electron chi connectivity index (χ4n) is 5.86. The first-order valence-corrected chi connectivity index (χ1v) is 14.7. The fraction of sp³-hybridized carbons (Fsp3) is 0.324. The van der Waals surface area contributed by atoms with Gasteiger partial charge in [-0.25, -0.2) is 0 Å². The molecule has 0 aromatic heterocycles. The molecule has 0 radical (unpaired) electrons. The molecule has 3 aromatic carbocycles. The van der Waals surface area contributed by atoms with Crippen LogP contribution in [0.2, 0.25) is 0 Å². The number of rotatable bonds is 10. The van der Waals surface area contributed by atoms with E-state index in [1.165, 1.54) is 0 Å². The van der Waals surface area contributed by atoms with Gasteiger partial charge < -0.3 is 25.8 Å². The average Bonchev–Trinajstić information content (AvgIpc) is 3.04.